The lowest BCUT2D eigenvalue weighted by Crippen LogP contribution is -2.41. The zero-order valence-corrected chi connectivity index (χ0v) is 15.8. The maximum Gasteiger partial charge on any atom is 0.258 e. The van der Waals surface area contributed by atoms with Crippen molar-refractivity contribution in [2.45, 2.75) is 32.2 Å². The predicted octanol–water partition coefficient (Wildman–Crippen LogP) is 3.96. The van der Waals surface area contributed by atoms with Crippen molar-refractivity contribution in [3.05, 3.63) is 52.9 Å². The maximum absolute atomic E-state index is 12.2. The molecule has 0 saturated carbocycles. The van der Waals surface area contributed by atoms with E-state index < -0.39 is 0 Å². The van der Waals surface area contributed by atoms with Crippen molar-refractivity contribution in [2.24, 2.45) is 0 Å². The number of nitrogens with zero attached hydrogens (tertiary/aromatic N) is 1. The fourth-order valence-electron chi connectivity index (χ4n) is 3.24. The first-order valence-electron chi connectivity index (χ1n) is 9.08. The van der Waals surface area contributed by atoms with Gasteiger partial charge in [0, 0.05) is 6.54 Å². The molecular weight excluding hydrogens is 352 g/mol. The molecule has 2 aromatic rings. The molecule has 6 heteroatoms. The molecule has 1 amide bonds. The fourth-order valence-corrected chi connectivity index (χ4v) is 3.43. The van der Waals surface area contributed by atoms with Crippen LogP contribution in [0.3, 0.4) is 0 Å². The van der Waals surface area contributed by atoms with Crippen LogP contribution in [0.15, 0.2) is 40.8 Å². The van der Waals surface area contributed by atoms with Crippen LogP contribution in [0.4, 0.5) is 0 Å². The number of furan rings is 1. The number of aryl methyl sites for hydroxylation is 1. The van der Waals surface area contributed by atoms with Crippen LogP contribution in [-0.4, -0.2) is 37.0 Å². The SMILES string of the molecule is Cc1ccc([C@@H](CNC(=O)COc2ccccc2Cl)N2CCCCC2)o1. The highest BCUT2D eigenvalue weighted by molar-refractivity contribution is 6.32. The van der Waals surface area contributed by atoms with Crippen LogP contribution in [-0.2, 0) is 4.79 Å². The molecular formula is C20H25ClN2O3. The van der Waals surface area contributed by atoms with Gasteiger partial charge < -0.3 is 14.5 Å². The molecule has 1 atom stereocenters. The molecule has 1 aliphatic rings. The number of halogens is 1. The van der Waals surface area contributed by atoms with Crippen LogP contribution in [0, 0.1) is 6.92 Å². The number of rotatable bonds is 7. The van der Waals surface area contributed by atoms with Crippen molar-refractivity contribution < 1.29 is 13.9 Å². The van der Waals surface area contributed by atoms with E-state index in [0.29, 0.717) is 17.3 Å². The Hall–Kier alpha value is -1.98. The molecule has 26 heavy (non-hydrogen) atoms. The highest BCUT2D eigenvalue weighted by atomic mass is 35.5. The average Bonchev–Trinajstić information content (AvgIpc) is 3.08. The summed E-state index contributed by atoms with van der Waals surface area (Å²) in [5.74, 6) is 2.13. The van der Waals surface area contributed by atoms with E-state index in [2.05, 4.69) is 10.2 Å². The second-order valence-electron chi connectivity index (χ2n) is 6.58. The molecule has 0 bridgehead atoms. The van der Waals surface area contributed by atoms with Crippen LogP contribution in [0.1, 0.15) is 36.8 Å². The Kier molecular flexibility index (Phi) is 6.58. The van der Waals surface area contributed by atoms with Crippen LogP contribution in [0.25, 0.3) is 0 Å². The summed E-state index contributed by atoms with van der Waals surface area (Å²) in [6.07, 6.45) is 3.62. The third kappa shape index (κ3) is 5.02. The molecule has 1 N–H and O–H groups in total. The van der Waals surface area contributed by atoms with Crippen molar-refractivity contribution in [1.29, 1.82) is 0 Å². The molecule has 0 radical (unpaired) electrons. The van der Waals surface area contributed by atoms with E-state index in [1.54, 1.807) is 12.1 Å². The van der Waals surface area contributed by atoms with Crippen LogP contribution in [0.2, 0.25) is 5.02 Å². The lowest BCUT2D eigenvalue weighted by molar-refractivity contribution is -0.123. The Morgan fingerprint density at radius 2 is 2.00 bits per heavy atom. The van der Waals surface area contributed by atoms with Gasteiger partial charge in [0.2, 0.25) is 0 Å². The lowest BCUT2D eigenvalue weighted by Gasteiger charge is -2.33. The number of hydrogen-bond donors (Lipinski definition) is 1. The number of para-hydroxylation sites is 1. The molecule has 3 rings (SSSR count). The number of nitrogens with one attached hydrogen (secondary N) is 1. The van der Waals surface area contributed by atoms with E-state index in [1.807, 2.05) is 31.2 Å². The van der Waals surface area contributed by atoms with Gasteiger partial charge in [0.05, 0.1) is 11.1 Å². The summed E-state index contributed by atoms with van der Waals surface area (Å²) in [5.41, 5.74) is 0. The zero-order chi connectivity index (χ0) is 18.4. The van der Waals surface area contributed by atoms with Gasteiger partial charge >= 0.3 is 0 Å². The summed E-state index contributed by atoms with van der Waals surface area (Å²) < 4.78 is 11.3. The normalized spacial score (nSPS) is 16.2. The first-order chi connectivity index (χ1) is 12.6. The molecule has 1 fully saturated rings. The number of hydrogen-bond acceptors (Lipinski definition) is 4. The summed E-state index contributed by atoms with van der Waals surface area (Å²) in [4.78, 5) is 14.6. The van der Waals surface area contributed by atoms with E-state index in [9.17, 15) is 4.79 Å². The van der Waals surface area contributed by atoms with Gasteiger partial charge in [-0.1, -0.05) is 30.2 Å². The van der Waals surface area contributed by atoms with Crippen molar-refractivity contribution in [3.8, 4) is 5.75 Å². The molecule has 0 aliphatic carbocycles. The molecule has 1 aliphatic heterocycles. The first kappa shape index (κ1) is 18.8. The van der Waals surface area contributed by atoms with Crippen LogP contribution >= 0.6 is 11.6 Å². The molecule has 1 aromatic heterocycles. The van der Waals surface area contributed by atoms with Gasteiger partial charge in [0.25, 0.3) is 5.91 Å². The Balaban J connectivity index is 1.56. The minimum atomic E-state index is -0.171. The molecule has 0 spiro atoms. The van der Waals surface area contributed by atoms with Gasteiger partial charge in [0.15, 0.2) is 6.61 Å². The smallest absolute Gasteiger partial charge is 0.258 e. The highest BCUT2D eigenvalue weighted by Crippen LogP contribution is 2.26. The van der Waals surface area contributed by atoms with Gasteiger partial charge in [0.1, 0.15) is 17.3 Å². The molecule has 2 heterocycles. The van der Waals surface area contributed by atoms with Gasteiger partial charge in [-0.05, 0) is 57.1 Å². The van der Waals surface area contributed by atoms with Gasteiger partial charge in [-0.25, -0.2) is 0 Å². The van der Waals surface area contributed by atoms with E-state index >= 15 is 0 Å². The van der Waals surface area contributed by atoms with E-state index in [4.69, 9.17) is 20.8 Å². The third-order valence-corrected chi connectivity index (χ3v) is 4.92. The first-order valence-corrected chi connectivity index (χ1v) is 9.45. The zero-order valence-electron chi connectivity index (χ0n) is 15.0. The van der Waals surface area contributed by atoms with Crippen LogP contribution < -0.4 is 10.1 Å². The molecule has 0 unspecified atom stereocenters. The Morgan fingerprint density at radius 3 is 2.69 bits per heavy atom. The quantitative estimate of drug-likeness (QED) is 0.794. The fraction of sp³-hybridized carbons (Fsp3) is 0.450. The largest absolute Gasteiger partial charge is 0.482 e. The van der Waals surface area contributed by atoms with Gasteiger partial charge in [-0.3, -0.25) is 9.69 Å². The number of ether oxygens (including phenoxy) is 1. The van der Waals surface area contributed by atoms with Crippen molar-refractivity contribution >= 4 is 17.5 Å². The predicted molar refractivity (Wildman–Crippen MR) is 102 cm³/mol. The third-order valence-electron chi connectivity index (χ3n) is 4.61. The van der Waals surface area contributed by atoms with Gasteiger partial charge in [-0.15, -0.1) is 0 Å². The van der Waals surface area contributed by atoms with E-state index in [-0.39, 0.29) is 18.6 Å². The Labute approximate surface area is 159 Å². The van der Waals surface area contributed by atoms with Gasteiger partial charge in [-0.2, -0.15) is 0 Å². The second-order valence-corrected chi connectivity index (χ2v) is 6.99. The second kappa shape index (κ2) is 9.10. The van der Waals surface area contributed by atoms with Crippen molar-refractivity contribution in [1.82, 2.24) is 10.2 Å². The Bertz CT molecular complexity index is 725. The number of carbonyl (C=O) groups excluding carboxylic acids is 1. The summed E-state index contributed by atoms with van der Waals surface area (Å²) in [6.45, 7) is 4.42. The lowest BCUT2D eigenvalue weighted by atomic mass is 10.1. The Morgan fingerprint density at radius 1 is 1.23 bits per heavy atom. The maximum atomic E-state index is 12.2. The number of likely N-dealkylation sites (tertiary alicyclic amines) is 1. The van der Waals surface area contributed by atoms with Crippen molar-refractivity contribution in [2.75, 3.05) is 26.2 Å². The standard InChI is InChI=1S/C20H25ClN2O3/c1-15-9-10-19(26-15)17(23-11-5-2-6-12-23)13-22-20(24)14-25-18-8-4-3-7-16(18)21/h3-4,7-10,17H,2,5-6,11-14H2,1H3,(H,22,24)/t17-/m1/s1. The van der Waals surface area contributed by atoms with Crippen LogP contribution in [0.5, 0.6) is 5.75 Å². The summed E-state index contributed by atoms with van der Waals surface area (Å²) in [6, 6.07) is 11.1. The minimum absolute atomic E-state index is 0.0493. The molecule has 1 aromatic carbocycles. The monoisotopic (exact) mass is 376 g/mol. The average molecular weight is 377 g/mol. The van der Waals surface area contributed by atoms with Crippen molar-refractivity contribution in [3.63, 3.8) is 0 Å². The summed E-state index contributed by atoms with van der Waals surface area (Å²) in [7, 11) is 0. The summed E-state index contributed by atoms with van der Waals surface area (Å²) in [5, 5.41) is 3.47. The molecule has 140 valence electrons. The number of benzene rings is 1. The molecule has 5 nitrogen and oxygen atoms in total. The van der Waals surface area contributed by atoms with E-state index in [0.717, 1.165) is 24.6 Å². The number of amides is 1. The molecule has 1 saturated heterocycles. The number of carbonyl (C=O) groups is 1. The topological polar surface area (TPSA) is 54.7 Å². The van der Waals surface area contributed by atoms with E-state index in [1.165, 1.54) is 19.3 Å². The summed E-state index contributed by atoms with van der Waals surface area (Å²) >= 11 is 6.04. The minimum Gasteiger partial charge on any atom is -0.482 e. The number of piperidine rings is 1. The highest BCUT2D eigenvalue weighted by Gasteiger charge is 2.25.